The second kappa shape index (κ2) is 24.7. The number of nitro benzene ring substituents is 1. The predicted octanol–water partition coefficient (Wildman–Crippen LogP) is 14.5. The lowest BCUT2D eigenvalue weighted by atomic mass is 9.89. The van der Waals surface area contributed by atoms with E-state index in [9.17, 15) is 72.4 Å². The lowest BCUT2D eigenvalue weighted by Crippen LogP contribution is -2.42. The molecule has 0 aliphatic carbocycles. The minimum absolute atomic E-state index is 0.0323. The van der Waals surface area contributed by atoms with Crippen molar-refractivity contribution in [1.82, 2.24) is 9.80 Å². The topological polar surface area (TPSA) is 114 Å². The summed E-state index contributed by atoms with van der Waals surface area (Å²) in [7, 11) is 0. The molecule has 430 valence electrons. The van der Waals surface area contributed by atoms with Gasteiger partial charge in [-0.15, -0.1) is 0 Å². The molecule has 8 rings (SSSR count). The molecule has 0 bridgehead atoms. The number of hydrogen-bond donors (Lipinski definition) is 2. The van der Waals surface area contributed by atoms with E-state index in [4.69, 9.17) is 0 Å². The van der Waals surface area contributed by atoms with Crippen LogP contribution in [0.15, 0.2) is 83.8 Å². The fraction of sp³-hybridized carbons (Fsp3) is 0.527. The van der Waals surface area contributed by atoms with Crippen LogP contribution in [-0.4, -0.2) is 96.5 Å². The maximum absolute atomic E-state index is 14.7. The number of anilines is 4. The van der Waals surface area contributed by atoms with Gasteiger partial charge in [-0.1, -0.05) is 0 Å². The highest BCUT2D eigenvalue weighted by atomic mass is 32.2. The normalized spacial score (nSPS) is 18.0. The number of carbonyl (C=O) groups excluding carboxylic acids is 2. The lowest BCUT2D eigenvalue weighted by molar-refractivity contribution is -0.388. The molecule has 0 radical (unpaired) electrons. The molecule has 0 atom stereocenters. The van der Waals surface area contributed by atoms with E-state index in [2.05, 4.69) is 10.6 Å². The number of benzene rings is 4. The first-order valence-corrected chi connectivity index (χ1v) is 27.3. The van der Waals surface area contributed by atoms with Crippen LogP contribution in [-0.2, 0) is 28.1 Å². The van der Waals surface area contributed by atoms with Gasteiger partial charge in [0.2, 0.25) is 11.8 Å². The van der Waals surface area contributed by atoms with Crippen molar-refractivity contribution in [3.05, 3.63) is 106 Å². The average molecular weight is 1140 g/mol. The summed E-state index contributed by atoms with van der Waals surface area (Å²) in [6.07, 6.45) is -7.62. The highest BCUT2D eigenvalue weighted by molar-refractivity contribution is 8.00. The van der Waals surface area contributed by atoms with Gasteiger partial charge in [-0.2, -0.15) is 52.7 Å². The molecule has 0 unspecified atom stereocenters. The van der Waals surface area contributed by atoms with Crippen LogP contribution in [0.2, 0.25) is 0 Å². The average Bonchev–Trinajstić information content (AvgIpc) is 3.54. The molecule has 4 saturated heterocycles. The van der Waals surface area contributed by atoms with Gasteiger partial charge in [0.05, 0.1) is 16.1 Å². The SMILES string of the molecule is O=C(CCCC1CCN(c2ccc(C(F)(F)F)c(-c3cc(N4CCC(CCC(=O)N5CCC(Nc6ccc([N+](=O)[O-])c(C(F)(F)F)c6)CC5)CC4)ccc3C(F)(F)F)c2)CC1)N1CCC(Nc2ccc(SC(F)(F)F)cc2)CC1. The molecule has 4 aromatic carbocycles. The Balaban J connectivity index is 0.806. The summed E-state index contributed by atoms with van der Waals surface area (Å²) in [6, 6.07) is 15.2. The van der Waals surface area contributed by atoms with Crippen LogP contribution in [0.1, 0.15) is 100 Å². The van der Waals surface area contributed by atoms with Crippen molar-refractivity contribution < 1.29 is 67.2 Å². The van der Waals surface area contributed by atoms with Crippen molar-refractivity contribution in [3.8, 4) is 11.1 Å². The molecule has 4 fully saturated rings. The van der Waals surface area contributed by atoms with Gasteiger partial charge in [0, 0.05) is 111 Å². The molecule has 4 aromatic rings. The molecule has 0 aromatic heterocycles. The highest BCUT2D eigenvalue weighted by Gasteiger charge is 2.41. The summed E-state index contributed by atoms with van der Waals surface area (Å²) in [5.41, 5.74) is -8.84. The molecule has 0 saturated carbocycles. The smallest absolute Gasteiger partial charge is 0.382 e. The molecule has 4 aliphatic rings. The number of nitrogens with zero attached hydrogens (tertiary/aromatic N) is 5. The van der Waals surface area contributed by atoms with Gasteiger partial charge >= 0.3 is 24.0 Å². The van der Waals surface area contributed by atoms with E-state index in [1.54, 1.807) is 17.0 Å². The van der Waals surface area contributed by atoms with E-state index in [0.717, 1.165) is 24.6 Å². The molecular weight excluding hydrogens is 1080 g/mol. The first-order valence-electron chi connectivity index (χ1n) is 26.5. The van der Waals surface area contributed by atoms with E-state index >= 15 is 0 Å². The van der Waals surface area contributed by atoms with E-state index in [-0.39, 0.29) is 64.5 Å². The summed E-state index contributed by atoms with van der Waals surface area (Å²) in [6.45, 7) is 3.48. The summed E-state index contributed by atoms with van der Waals surface area (Å²) in [5.74, 6) is 0.267. The van der Waals surface area contributed by atoms with Crippen LogP contribution in [0.5, 0.6) is 0 Å². The third-order valence-corrected chi connectivity index (χ3v) is 16.4. The molecular formula is C55H61F12N7O4S. The number of carbonyl (C=O) groups is 2. The zero-order valence-electron chi connectivity index (χ0n) is 43.0. The van der Waals surface area contributed by atoms with E-state index in [1.807, 2.05) is 14.7 Å². The van der Waals surface area contributed by atoms with Crippen LogP contribution in [0.25, 0.3) is 11.1 Å². The van der Waals surface area contributed by atoms with Crippen molar-refractivity contribution >= 4 is 52.0 Å². The van der Waals surface area contributed by atoms with Crippen molar-refractivity contribution in [2.45, 2.75) is 124 Å². The molecule has 11 nitrogen and oxygen atoms in total. The summed E-state index contributed by atoms with van der Waals surface area (Å²) in [5, 5.41) is 17.5. The van der Waals surface area contributed by atoms with Crippen LogP contribution in [0, 0.1) is 22.0 Å². The fourth-order valence-corrected chi connectivity index (χ4v) is 11.9. The number of piperidine rings is 4. The number of alkyl halides is 12. The number of amides is 2. The van der Waals surface area contributed by atoms with Gasteiger partial charge in [-0.25, -0.2) is 0 Å². The van der Waals surface area contributed by atoms with Gasteiger partial charge < -0.3 is 30.2 Å². The van der Waals surface area contributed by atoms with Crippen LogP contribution in [0.3, 0.4) is 0 Å². The van der Waals surface area contributed by atoms with E-state index in [0.29, 0.717) is 146 Å². The molecule has 4 heterocycles. The van der Waals surface area contributed by atoms with Crippen molar-refractivity contribution in [3.63, 3.8) is 0 Å². The Morgan fingerprint density at radius 1 is 0.519 bits per heavy atom. The summed E-state index contributed by atoms with van der Waals surface area (Å²) in [4.78, 5) is 43.7. The van der Waals surface area contributed by atoms with Crippen molar-refractivity contribution in [1.29, 1.82) is 0 Å². The summed E-state index contributed by atoms with van der Waals surface area (Å²) < 4.78 is 167. The lowest BCUT2D eigenvalue weighted by Gasteiger charge is -2.36. The number of hydrogen-bond acceptors (Lipinski definition) is 9. The van der Waals surface area contributed by atoms with Gasteiger partial charge in [0.25, 0.3) is 5.69 Å². The monoisotopic (exact) mass is 1140 g/mol. The molecule has 0 spiro atoms. The second-order valence-electron chi connectivity index (χ2n) is 20.9. The van der Waals surface area contributed by atoms with Crippen molar-refractivity contribution in [2.24, 2.45) is 11.8 Å². The Labute approximate surface area is 453 Å². The molecule has 24 heteroatoms. The summed E-state index contributed by atoms with van der Waals surface area (Å²) >= 11 is -0.176. The van der Waals surface area contributed by atoms with Crippen molar-refractivity contribution in [2.75, 3.05) is 72.8 Å². The number of thioether (sulfide) groups is 1. The molecule has 2 amide bonds. The van der Waals surface area contributed by atoms with E-state index in [1.165, 1.54) is 42.5 Å². The largest absolute Gasteiger partial charge is 0.446 e. The van der Waals surface area contributed by atoms with E-state index < -0.39 is 62.5 Å². The van der Waals surface area contributed by atoms with Gasteiger partial charge in [0.15, 0.2) is 0 Å². The Kier molecular flexibility index (Phi) is 18.5. The maximum Gasteiger partial charge on any atom is 0.446 e. The Morgan fingerprint density at radius 3 is 1.39 bits per heavy atom. The number of halogens is 12. The standard InChI is InChI=1S/C55H61F12N7O4S/c56-52(57,58)46-12-8-41(70-24-16-35(17-25-70)2-1-3-50(75)72-28-20-38(21-29-72)68-37-5-10-43(11-6-37)79-55(65,66)67)33-44(46)45-34-42(9-13-47(45)53(59,60)61)71-26-18-36(19-27-71)4-15-51(76)73-30-22-39(23-31-73)69-40-7-14-49(74(77)78)48(32-40)54(62,63)64/h5-14,32-36,38-39,68-69H,1-4,15-31H2. The highest BCUT2D eigenvalue weighted by Crippen LogP contribution is 2.47. The van der Waals surface area contributed by atoms with Crippen LogP contribution < -0.4 is 20.4 Å². The van der Waals surface area contributed by atoms with Gasteiger partial charge in [0.1, 0.15) is 5.56 Å². The quantitative estimate of drug-likeness (QED) is 0.0490. The first kappa shape index (κ1) is 59.1. The zero-order chi connectivity index (χ0) is 56.9. The second-order valence-corrected chi connectivity index (χ2v) is 22.0. The van der Waals surface area contributed by atoms with Crippen LogP contribution >= 0.6 is 11.8 Å². The Morgan fingerprint density at radius 2 is 0.949 bits per heavy atom. The third kappa shape index (κ3) is 15.9. The molecule has 2 N–H and O–H groups in total. The number of rotatable bonds is 16. The zero-order valence-corrected chi connectivity index (χ0v) is 43.8. The molecule has 79 heavy (non-hydrogen) atoms. The Hall–Kier alpha value is -6.07. The van der Waals surface area contributed by atoms with Gasteiger partial charge in [-0.3, -0.25) is 19.7 Å². The molecule has 4 aliphatic heterocycles. The number of likely N-dealkylation sites (tertiary alicyclic amines) is 2. The predicted molar refractivity (Wildman–Crippen MR) is 278 cm³/mol. The number of nitro groups is 1. The maximum atomic E-state index is 14.7. The fourth-order valence-electron chi connectivity index (χ4n) is 11.3. The minimum atomic E-state index is -4.97. The minimum Gasteiger partial charge on any atom is -0.382 e. The van der Waals surface area contributed by atoms with Crippen LogP contribution in [0.4, 0.5) is 81.1 Å². The Bertz CT molecular complexity index is 2740. The van der Waals surface area contributed by atoms with Gasteiger partial charge in [-0.05, 0) is 178 Å². The first-order chi connectivity index (χ1) is 37.3. The third-order valence-electron chi connectivity index (χ3n) is 15.7. The number of nitrogens with one attached hydrogen (secondary N) is 2.